The molecule has 0 bridgehead atoms. The average molecular weight is 344 g/mol. The standard InChI is InChI=1S/C17H24N6O2/c1-14(13-23-7-3-6-20-23)21-17(24)19-12-15-4-2-5-18-16(15)22-8-10-25-11-9-22/h2-7,14H,8-13H2,1H3,(H2,19,21,24). The fourth-order valence-corrected chi connectivity index (χ4v) is 2.81. The van der Waals surface area contributed by atoms with Gasteiger partial charge in [0.15, 0.2) is 0 Å². The first-order valence-corrected chi connectivity index (χ1v) is 8.51. The summed E-state index contributed by atoms with van der Waals surface area (Å²) in [7, 11) is 0. The third kappa shape index (κ3) is 4.93. The Kier molecular flexibility index (Phi) is 5.84. The summed E-state index contributed by atoms with van der Waals surface area (Å²) in [5.74, 6) is 0.913. The fraction of sp³-hybridized carbons (Fsp3) is 0.471. The lowest BCUT2D eigenvalue weighted by Crippen LogP contribution is -2.42. The van der Waals surface area contributed by atoms with Gasteiger partial charge in [0.2, 0.25) is 0 Å². The van der Waals surface area contributed by atoms with E-state index in [2.05, 4.69) is 25.6 Å². The number of morpholine rings is 1. The summed E-state index contributed by atoms with van der Waals surface area (Å²) in [5, 5.41) is 9.98. The SMILES string of the molecule is CC(Cn1cccn1)NC(=O)NCc1cccnc1N1CCOCC1. The molecule has 8 heteroatoms. The minimum absolute atomic E-state index is 0.0208. The number of hydrogen-bond donors (Lipinski definition) is 2. The number of amides is 2. The molecule has 3 heterocycles. The zero-order valence-electron chi connectivity index (χ0n) is 14.4. The van der Waals surface area contributed by atoms with E-state index in [-0.39, 0.29) is 12.1 Å². The number of ether oxygens (including phenoxy) is 1. The van der Waals surface area contributed by atoms with Crippen molar-refractivity contribution >= 4 is 11.8 Å². The van der Waals surface area contributed by atoms with Gasteiger partial charge in [0.1, 0.15) is 5.82 Å². The number of aromatic nitrogens is 3. The van der Waals surface area contributed by atoms with Gasteiger partial charge < -0.3 is 20.3 Å². The highest BCUT2D eigenvalue weighted by Crippen LogP contribution is 2.18. The van der Waals surface area contributed by atoms with Crippen LogP contribution in [0.5, 0.6) is 0 Å². The van der Waals surface area contributed by atoms with E-state index in [9.17, 15) is 4.79 Å². The number of nitrogens with one attached hydrogen (secondary N) is 2. The largest absolute Gasteiger partial charge is 0.378 e. The Morgan fingerprint density at radius 2 is 2.16 bits per heavy atom. The molecule has 2 aromatic heterocycles. The Labute approximate surface area is 147 Å². The van der Waals surface area contributed by atoms with E-state index < -0.39 is 0 Å². The summed E-state index contributed by atoms with van der Waals surface area (Å²) >= 11 is 0. The molecule has 1 aliphatic heterocycles. The number of carbonyl (C=O) groups excluding carboxylic acids is 1. The van der Waals surface area contributed by atoms with Crippen LogP contribution in [0, 0.1) is 0 Å². The van der Waals surface area contributed by atoms with Crippen molar-refractivity contribution in [2.75, 3.05) is 31.2 Å². The second-order valence-corrected chi connectivity index (χ2v) is 6.04. The molecule has 0 aliphatic carbocycles. The molecule has 1 aliphatic rings. The lowest BCUT2D eigenvalue weighted by Gasteiger charge is -2.29. The van der Waals surface area contributed by atoms with Crippen LogP contribution in [0.4, 0.5) is 10.6 Å². The molecular formula is C17H24N6O2. The summed E-state index contributed by atoms with van der Waals surface area (Å²) in [6.07, 6.45) is 5.38. The Balaban J connectivity index is 1.51. The van der Waals surface area contributed by atoms with Gasteiger partial charge >= 0.3 is 6.03 Å². The van der Waals surface area contributed by atoms with Crippen molar-refractivity contribution in [2.45, 2.75) is 26.1 Å². The Bertz CT molecular complexity index is 670. The van der Waals surface area contributed by atoms with Crippen LogP contribution < -0.4 is 15.5 Å². The zero-order valence-corrected chi connectivity index (χ0v) is 14.4. The van der Waals surface area contributed by atoms with E-state index in [1.54, 1.807) is 17.1 Å². The molecular weight excluding hydrogens is 320 g/mol. The number of pyridine rings is 1. The minimum Gasteiger partial charge on any atom is -0.378 e. The molecule has 25 heavy (non-hydrogen) atoms. The molecule has 0 saturated carbocycles. The number of urea groups is 1. The van der Waals surface area contributed by atoms with Crippen molar-refractivity contribution < 1.29 is 9.53 Å². The van der Waals surface area contributed by atoms with E-state index in [0.29, 0.717) is 26.3 Å². The van der Waals surface area contributed by atoms with Crippen LogP contribution in [0.3, 0.4) is 0 Å². The van der Waals surface area contributed by atoms with Crippen LogP contribution in [0.25, 0.3) is 0 Å². The molecule has 134 valence electrons. The van der Waals surface area contributed by atoms with E-state index in [4.69, 9.17) is 4.74 Å². The molecule has 3 rings (SSSR count). The maximum Gasteiger partial charge on any atom is 0.315 e. The van der Waals surface area contributed by atoms with Gasteiger partial charge in [-0.3, -0.25) is 4.68 Å². The highest BCUT2D eigenvalue weighted by atomic mass is 16.5. The van der Waals surface area contributed by atoms with Crippen molar-refractivity contribution in [3.05, 3.63) is 42.4 Å². The van der Waals surface area contributed by atoms with Crippen molar-refractivity contribution in [3.63, 3.8) is 0 Å². The zero-order chi connectivity index (χ0) is 17.5. The third-order valence-corrected chi connectivity index (χ3v) is 4.02. The second-order valence-electron chi connectivity index (χ2n) is 6.04. The molecule has 1 saturated heterocycles. The molecule has 2 N–H and O–H groups in total. The normalized spacial score (nSPS) is 15.6. The van der Waals surface area contributed by atoms with Gasteiger partial charge in [-0.25, -0.2) is 9.78 Å². The van der Waals surface area contributed by atoms with Crippen molar-refractivity contribution in [1.29, 1.82) is 0 Å². The van der Waals surface area contributed by atoms with Gasteiger partial charge in [0.05, 0.1) is 19.8 Å². The third-order valence-electron chi connectivity index (χ3n) is 4.02. The molecule has 0 spiro atoms. The summed E-state index contributed by atoms with van der Waals surface area (Å²) in [4.78, 5) is 18.8. The average Bonchev–Trinajstić information content (AvgIpc) is 3.14. The first-order valence-electron chi connectivity index (χ1n) is 8.51. The quantitative estimate of drug-likeness (QED) is 0.817. The second kappa shape index (κ2) is 8.48. The topological polar surface area (TPSA) is 84.3 Å². The maximum atomic E-state index is 12.1. The van der Waals surface area contributed by atoms with E-state index in [1.807, 2.05) is 31.3 Å². The predicted molar refractivity (Wildman–Crippen MR) is 94.3 cm³/mol. The number of nitrogens with zero attached hydrogens (tertiary/aromatic N) is 4. The monoisotopic (exact) mass is 344 g/mol. The Morgan fingerprint density at radius 1 is 1.32 bits per heavy atom. The van der Waals surface area contributed by atoms with Crippen LogP contribution in [0.2, 0.25) is 0 Å². The molecule has 1 atom stereocenters. The van der Waals surface area contributed by atoms with Gasteiger partial charge in [-0.05, 0) is 19.1 Å². The molecule has 2 amide bonds. The van der Waals surface area contributed by atoms with Gasteiger partial charge in [-0.15, -0.1) is 0 Å². The number of hydrogen-bond acceptors (Lipinski definition) is 5. The smallest absolute Gasteiger partial charge is 0.315 e. The lowest BCUT2D eigenvalue weighted by atomic mass is 10.2. The first kappa shape index (κ1) is 17.2. The van der Waals surface area contributed by atoms with Crippen molar-refractivity contribution in [1.82, 2.24) is 25.4 Å². The van der Waals surface area contributed by atoms with E-state index in [1.165, 1.54) is 0 Å². The molecule has 0 radical (unpaired) electrons. The highest BCUT2D eigenvalue weighted by molar-refractivity contribution is 5.74. The number of anilines is 1. The van der Waals surface area contributed by atoms with Crippen molar-refractivity contribution in [3.8, 4) is 0 Å². The number of rotatable bonds is 6. The molecule has 1 unspecified atom stereocenters. The van der Waals surface area contributed by atoms with Crippen LogP contribution >= 0.6 is 0 Å². The van der Waals surface area contributed by atoms with Gasteiger partial charge in [0, 0.05) is 49.8 Å². The molecule has 1 fully saturated rings. The molecule has 2 aromatic rings. The van der Waals surface area contributed by atoms with Gasteiger partial charge in [0.25, 0.3) is 0 Å². The van der Waals surface area contributed by atoms with E-state index in [0.717, 1.165) is 24.5 Å². The Morgan fingerprint density at radius 3 is 2.92 bits per heavy atom. The van der Waals surface area contributed by atoms with Crippen LogP contribution in [0.15, 0.2) is 36.8 Å². The summed E-state index contributed by atoms with van der Waals surface area (Å²) in [6.45, 7) is 6.05. The van der Waals surface area contributed by atoms with Crippen LogP contribution in [-0.2, 0) is 17.8 Å². The Hall–Kier alpha value is -2.61. The first-order chi connectivity index (χ1) is 12.2. The minimum atomic E-state index is -0.198. The van der Waals surface area contributed by atoms with Gasteiger partial charge in [-0.1, -0.05) is 6.07 Å². The predicted octanol–water partition coefficient (Wildman–Crippen LogP) is 1.00. The summed E-state index contributed by atoms with van der Waals surface area (Å²) < 4.78 is 7.18. The fourth-order valence-electron chi connectivity index (χ4n) is 2.81. The van der Waals surface area contributed by atoms with Gasteiger partial charge in [-0.2, -0.15) is 5.10 Å². The lowest BCUT2D eigenvalue weighted by molar-refractivity contribution is 0.122. The van der Waals surface area contributed by atoms with Crippen molar-refractivity contribution in [2.24, 2.45) is 0 Å². The van der Waals surface area contributed by atoms with Crippen LogP contribution in [0.1, 0.15) is 12.5 Å². The molecule has 0 aromatic carbocycles. The summed E-state index contributed by atoms with van der Waals surface area (Å²) in [5.41, 5.74) is 0.999. The maximum absolute atomic E-state index is 12.1. The summed E-state index contributed by atoms with van der Waals surface area (Å²) in [6, 6.07) is 5.52. The highest BCUT2D eigenvalue weighted by Gasteiger charge is 2.16. The molecule has 8 nitrogen and oxygen atoms in total. The number of carbonyl (C=O) groups is 1. The van der Waals surface area contributed by atoms with Crippen LogP contribution in [-0.4, -0.2) is 53.1 Å². The van der Waals surface area contributed by atoms with E-state index >= 15 is 0 Å².